The Morgan fingerprint density at radius 2 is 2.33 bits per heavy atom. The zero-order chi connectivity index (χ0) is 13.0. The van der Waals surface area contributed by atoms with Crippen LogP contribution in [0, 0.1) is 5.82 Å². The molecule has 0 amide bonds. The highest BCUT2D eigenvalue weighted by Crippen LogP contribution is 2.24. The molecule has 0 fully saturated rings. The van der Waals surface area contributed by atoms with Crippen LogP contribution in [0.2, 0.25) is 0 Å². The summed E-state index contributed by atoms with van der Waals surface area (Å²) >= 11 is 1.55. The first-order chi connectivity index (χ1) is 8.70. The van der Waals surface area contributed by atoms with Gasteiger partial charge in [0.25, 0.3) is 0 Å². The minimum absolute atomic E-state index is 0.0496. The summed E-state index contributed by atoms with van der Waals surface area (Å²) < 4.78 is 18.8. The molecule has 0 saturated carbocycles. The van der Waals surface area contributed by atoms with Crippen LogP contribution in [0.1, 0.15) is 25.6 Å². The van der Waals surface area contributed by atoms with Crippen LogP contribution in [0.3, 0.4) is 0 Å². The van der Waals surface area contributed by atoms with Crippen LogP contribution in [0.25, 0.3) is 0 Å². The number of thiazole rings is 1. The lowest BCUT2D eigenvalue weighted by Gasteiger charge is -2.14. The van der Waals surface area contributed by atoms with Crippen LogP contribution in [0.4, 0.5) is 10.1 Å². The van der Waals surface area contributed by atoms with Crippen molar-refractivity contribution in [3.05, 3.63) is 40.6 Å². The lowest BCUT2D eigenvalue weighted by atomic mass is 10.2. The molecule has 2 aromatic rings. The second-order valence-corrected chi connectivity index (χ2v) is 4.58. The molecule has 0 radical (unpaired) electrons. The van der Waals surface area contributed by atoms with Gasteiger partial charge in [0.05, 0.1) is 23.9 Å². The van der Waals surface area contributed by atoms with Gasteiger partial charge in [0, 0.05) is 17.1 Å². The van der Waals surface area contributed by atoms with E-state index in [0.717, 1.165) is 11.4 Å². The number of rotatable bonds is 5. The van der Waals surface area contributed by atoms with Crippen molar-refractivity contribution >= 4 is 17.0 Å². The molecule has 96 valence electrons. The standard InChI is InChI=1S/C13H15FN2OS/c1-3-17-13-5-4-10(6-11(13)14)16-9(2)12-7-18-8-15-12/h4-9,16H,3H2,1-2H3. The molecular weight excluding hydrogens is 251 g/mol. The Morgan fingerprint density at radius 1 is 1.50 bits per heavy atom. The van der Waals surface area contributed by atoms with Gasteiger partial charge in [-0.3, -0.25) is 0 Å². The minimum Gasteiger partial charge on any atom is -0.491 e. The van der Waals surface area contributed by atoms with Crippen LogP contribution < -0.4 is 10.1 Å². The SMILES string of the molecule is CCOc1ccc(NC(C)c2cscn2)cc1F. The highest BCUT2D eigenvalue weighted by atomic mass is 32.1. The first-order valence-corrected chi connectivity index (χ1v) is 6.72. The topological polar surface area (TPSA) is 34.1 Å². The van der Waals surface area contributed by atoms with Gasteiger partial charge in [-0.15, -0.1) is 11.3 Å². The van der Waals surface area contributed by atoms with Crippen molar-refractivity contribution in [1.82, 2.24) is 4.98 Å². The van der Waals surface area contributed by atoms with Gasteiger partial charge < -0.3 is 10.1 Å². The fourth-order valence-electron chi connectivity index (χ4n) is 1.62. The maximum absolute atomic E-state index is 13.7. The van der Waals surface area contributed by atoms with E-state index < -0.39 is 0 Å². The molecule has 0 bridgehead atoms. The number of hydrogen-bond donors (Lipinski definition) is 1. The Labute approximate surface area is 110 Å². The molecule has 2 rings (SSSR count). The van der Waals surface area contributed by atoms with Gasteiger partial charge in [-0.2, -0.15) is 0 Å². The van der Waals surface area contributed by atoms with Crippen molar-refractivity contribution in [1.29, 1.82) is 0 Å². The quantitative estimate of drug-likeness (QED) is 0.892. The summed E-state index contributed by atoms with van der Waals surface area (Å²) in [6, 6.07) is 4.92. The molecular formula is C13H15FN2OS. The fraction of sp³-hybridized carbons (Fsp3) is 0.308. The number of ether oxygens (including phenoxy) is 1. The third kappa shape index (κ3) is 2.98. The smallest absolute Gasteiger partial charge is 0.167 e. The molecule has 0 aliphatic carbocycles. The van der Waals surface area contributed by atoms with E-state index in [2.05, 4.69) is 10.3 Å². The molecule has 5 heteroatoms. The summed E-state index contributed by atoms with van der Waals surface area (Å²) in [6.07, 6.45) is 0. The lowest BCUT2D eigenvalue weighted by molar-refractivity contribution is 0.321. The molecule has 0 aliphatic rings. The molecule has 0 spiro atoms. The van der Waals surface area contributed by atoms with Crippen LogP contribution >= 0.6 is 11.3 Å². The number of nitrogens with zero attached hydrogens (tertiary/aromatic N) is 1. The molecule has 3 nitrogen and oxygen atoms in total. The van der Waals surface area contributed by atoms with E-state index in [-0.39, 0.29) is 17.6 Å². The molecule has 1 aromatic heterocycles. The molecule has 1 N–H and O–H groups in total. The summed E-state index contributed by atoms with van der Waals surface area (Å²) in [7, 11) is 0. The van der Waals surface area contributed by atoms with E-state index >= 15 is 0 Å². The Bertz CT molecular complexity index is 502. The van der Waals surface area contributed by atoms with Gasteiger partial charge in [-0.05, 0) is 26.0 Å². The Balaban J connectivity index is 2.08. The average molecular weight is 266 g/mol. The second-order valence-electron chi connectivity index (χ2n) is 3.86. The maximum atomic E-state index is 13.7. The number of anilines is 1. The van der Waals surface area contributed by atoms with E-state index in [1.165, 1.54) is 6.07 Å². The van der Waals surface area contributed by atoms with Crippen molar-refractivity contribution in [3.8, 4) is 5.75 Å². The van der Waals surface area contributed by atoms with Gasteiger partial charge in [0.1, 0.15) is 0 Å². The maximum Gasteiger partial charge on any atom is 0.167 e. The number of nitrogens with one attached hydrogen (secondary N) is 1. The Kier molecular flexibility index (Phi) is 4.15. The predicted molar refractivity (Wildman–Crippen MR) is 71.7 cm³/mol. The van der Waals surface area contributed by atoms with E-state index in [9.17, 15) is 4.39 Å². The molecule has 1 unspecified atom stereocenters. The van der Waals surface area contributed by atoms with Crippen molar-refractivity contribution in [3.63, 3.8) is 0 Å². The monoisotopic (exact) mass is 266 g/mol. The van der Waals surface area contributed by atoms with Crippen LogP contribution in [0.15, 0.2) is 29.1 Å². The second kappa shape index (κ2) is 5.82. The highest BCUT2D eigenvalue weighted by Gasteiger charge is 2.09. The molecule has 1 aromatic carbocycles. The summed E-state index contributed by atoms with van der Waals surface area (Å²) in [4.78, 5) is 4.22. The minimum atomic E-state index is -0.354. The third-order valence-electron chi connectivity index (χ3n) is 2.51. The predicted octanol–water partition coefficient (Wildman–Crippen LogP) is 3.85. The van der Waals surface area contributed by atoms with E-state index in [1.54, 1.807) is 29.0 Å². The van der Waals surface area contributed by atoms with Crippen LogP contribution in [-0.2, 0) is 0 Å². The molecule has 0 aliphatic heterocycles. The van der Waals surface area contributed by atoms with Crippen LogP contribution in [0.5, 0.6) is 5.75 Å². The first-order valence-electron chi connectivity index (χ1n) is 5.77. The van der Waals surface area contributed by atoms with Crippen LogP contribution in [-0.4, -0.2) is 11.6 Å². The van der Waals surface area contributed by atoms with Crippen molar-refractivity contribution in [2.45, 2.75) is 19.9 Å². The molecule has 1 atom stereocenters. The third-order valence-corrected chi connectivity index (χ3v) is 3.11. The summed E-state index contributed by atoms with van der Waals surface area (Å²) in [5, 5.41) is 5.18. The van der Waals surface area contributed by atoms with Crippen molar-refractivity contribution < 1.29 is 9.13 Å². The summed E-state index contributed by atoms with van der Waals surface area (Å²) in [6.45, 7) is 4.28. The van der Waals surface area contributed by atoms with Crippen molar-refractivity contribution in [2.24, 2.45) is 0 Å². The van der Waals surface area contributed by atoms with E-state index in [0.29, 0.717) is 6.61 Å². The Morgan fingerprint density at radius 3 is 2.94 bits per heavy atom. The van der Waals surface area contributed by atoms with Crippen molar-refractivity contribution in [2.75, 3.05) is 11.9 Å². The number of aromatic nitrogens is 1. The lowest BCUT2D eigenvalue weighted by Crippen LogP contribution is -2.07. The zero-order valence-corrected chi connectivity index (χ0v) is 11.1. The van der Waals surface area contributed by atoms with Gasteiger partial charge in [-0.1, -0.05) is 0 Å². The molecule has 1 heterocycles. The van der Waals surface area contributed by atoms with Gasteiger partial charge in [-0.25, -0.2) is 9.37 Å². The highest BCUT2D eigenvalue weighted by molar-refractivity contribution is 7.07. The Hall–Kier alpha value is -1.62. The van der Waals surface area contributed by atoms with Gasteiger partial charge in [0.15, 0.2) is 11.6 Å². The normalized spacial score (nSPS) is 12.2. The van der Waals surface area contributed by atoms with Gasteiger partial charge in [0.2, 0.25) is 0 Å². The summed E-state index contributed by atoms with van der Waals surface area (Å²) in [5.41, 5.74) is 3.46. The molecule has 0 saturated heterocycles. The van der Waals surface area contributed by atoms with E-state index in [4.69, 9.17) is 4.74 Å². The average Bonchev–Trinajstić information content (AvgIpc) is 2.86. The molecule has 18 heavy (non-hydrogen) atoms. The number of benzene rings is 1. The first kappa shape index (κ1) is 12.8. The fourth-order valence-corrected chi connectivity index (χ4v) is 2.27. The number of halogens is 1. The number of hydrogen-bond acceptors (Lipinski definition) is 4. The van der Waals surface area contributed by atoms with E-state index in [1.807, 2.05) is 19.2 Å². The largest absolute Gasteiger partial charge is 0.491 e. The zero-order valence-electron chi connectivity index (χ0n) is 10.3. The summed E-state index contributed by atoms with van der Waals surface area (Å²) in [5.74, 6) is -0.0725. The van der Waals surface area contributed by atoms with Gasteiger partial charge >= 0.3 is 0 Å².